The number of fused-ring (bicyclic) bond motifs is 1. The molecule has 0 saturated carbocycles. The number of pyridine rings is 1. The van der Waals surface area contributed by atoms with Crippen molar-refractivity contribution in [2.75, 3.05) is 18.0 Å². The Kier molecular flexibility index (Phi) is 4.76. The largest absolute Gasteiger partial charge is 0.355 e. The van der Waals surface area contributed by atoms with Gasteiger partial charge in [0.1, 0.15) is 12.1 Å². The van der Waals surface area contributed by atoms with Crippen LogP contribution in [0.3, 0.4) is 0 Å². The smallest absolute Gasteiger partial charge is 0.231 e. The SMILES string of the molecule is Cc1cc(C)c2c(N3CCC[C@H](c4nc(CC(C)C)no4)C3)ncnc2n1. The number of hydrogen-bond donors (Lipinski definition) is 0. The van der Waals surface area contributed by atoms with Gasteiger partial charge in [-0.3, -0.25) is 0 Å². The van der Waals surface area contributed by atoms with Gasteiger partial charge in [0, 0.05) is 25.2 Å². The third kappa shape index (κ3) is 3.63. The van der Waals surface area contributed by atoms with Crippen LogP contribution in [0.15, 0.2) is 16.9 Å². The molecule has 1 fully saturated rings. The van der Waals surface area contributed by atoms with Crippen molar-refractivity contribution in [1.29, 1.82) is 0 Å². The van der Waals surface area contributed by atoms with E-state index in [0.29, 0.717) is 5.92 Å². The van der Waals surface area contributed by atoms with E-state index in [1.807, 2.05) is 6.92 Å². The number of aromatic nitrogens is 5. The van der Waals surface area contributed by atoms with Crippen LogP contribution in [0.2, 0.25) is 0 Å². The molecule has 0 N–H and O–H groups in total. The van der Waals surface area contributed by atoms with Crippen molar-refractivity contribution in [3.05, 3.63) is 35.4 Å². The topological polar surface area (TPSA) is 80.8 Å². The molecule has 142 valence electrons. The molecule has 0 unspecified atom stereocenters. The van der Waals surface area contributed by atoms with Crippen molar-refractivity contribution in [3.8, 4) is 0 Å². The van der Waals surface area contributed by atoms with Crippen molar-refractivity contribution in [1.82, 2.24) is 25.1 Å². The number of aryl methyl sites for hydroxylation is 2. The van der Waals surface area contributed by atoms with Gasteiger partial charge in [-0.25, -0.2) is 15.0 Å². The van der Waals surface area contributed by atoms with Gasteiger partial charge in [-0.2, -0.15) is 4.98 Å². The van der Waals surface area contributed by atoms with Crippen LogP contribution in [-0.2, 0) is 6.42 Å². The van der Waals surface area contributed by atoms with E-state index in [1.54, 1.807) is 6.33 Å². The van der Waals surface area contributed by atoms with Crippen LogP contribution in [0.1, 0.15) is 55.6 Å². The van der Waals surface area contributed by atoms with Gasteiger partial charge in [-0.05, 0) is 44.2 Å². The summed E-state index contributed by atoms with van der Waals surface area (Å²) in [4.78, 5) is 20.5. The molecule has 1 aliphatic rings. The molecule has 1 saturated heterocycles. The normalized spacial score (nSPS) is 17.8. The van der Waals surface area contributed by atoms with Crippen molar-refractivity contribution < 1.29 is 4.52 Å². The molecular weight excluding hydrogens is 340 g/mol. The summed E-state index contributed by atoms with van der Waals surface area (Å²) in [6.07, 6.45) is 4.58. The van der Waals surface area contributed by atoms with E-state index in [1.165, 1.54) is 0 Å². The lowest BCUT2D eigenvalue weighted by atomic mass is 9.97. The average Bonchev–Trinajstić information content (AvgIpc) is 3.09. The second-order valence-corrected chi connectivity index (χ2v) is 7.91. The monoisotopic (exact) mass is 366 g/mol. The summed E-state index contributed by atoms with van der Waals surface area (Å²) in [6, 6.07) is 2.09. The lowest BCUT2D eigenvalue weighted by Crippen LogP contribution is -2.35. The molecular formula is C20H26N6O. The maximum atomic E-state index is 5.58. The van der Waals surface area contributed by atoms with Crippen molar-refractivity contribution in [2.24, 2.45) is 5.92 Å². The van der Waals surface area contributed by atoms with Gasteiger partial charge >= 0.3 is 0 Å². The van der Waals surface area contributed by atoms with E-state index < -0.39 is 0 Å². The van der Waals surface area contributed by atoms with Gasteiger partial charge in [-0.15, -0.1) is 0 Å². The summed E-state index contributed by atoms with van der Waals surface area (Å²) in [7, 11) is 0. The minimum atomic E-state index is 0.232. The van der Waals surface area contributed by atoms with Gasteiger partial charge in [0.25, 0.3) is 0 Å². The molecule has 1 atom stereocenters. The fraction of sp³-hybridized carbons (Fsp3) is 0.550. The predicted molar refractivity (Wildman–Crippen MR) is 104 cm³/mol. The molecule has 0 bridgehead atoms. The summed E-state index contributed by atoms with van der Waals surface area (Å²) in [5.41, 5.74) is 2.90. The number of nitrogens with zero attached hydrogens (tertiary/aromatic N) is 6. The standard InChI is InChI=1S/C20H26N6O/c1-12(2)8-16-24-20(27-25-16)15-6-5-7-26(10-15)19-17-13(3)9-14(4)23-18(17)21-11-22-19/h9,11-12,15H,5-8,10H2,1-4H3/t15-/m0/s1. The van der Waals surface area contributed by atoms with E-state index in [2.05, 4.69) is 56.8 Å². The van der Waals surface area contributed by atoms with E-state index in [4.69, 9.17) is 4.52 Å². The van der Waals surface area contributed by atoms with Crippen LogP contribution >= 0.6 is 0 Å². The van der Waals surface area contributed by atoms with Gasteiger partial charge in [-0.1, -0.05) is 19.0 Å². The first-order valence-corrected chi connectivity index (χ1v) is 9.67. The Hall–Kier alpha value is -2.57. The van der Waals surface area contributed by atoms with E-state index >= 15 is 0 Å². The van der Waals surface area contributed by atoms with Crippen molar-refractivity contribution >= 4 is 16.9 Å². The number of rotatable bonds is 4. The van der Waals surface area contributed by atoms with Gasteiger partial charge in [0.15, 0.2) is 11.5 Å². The fourth-order valence-corrected chi connectivity index (χ4v) is 3.88. The molecule has 4 heterocycles. The Bertz CT molecular complexity index is 951. The van der Waals surface area contributed by atoms with E-state index in [-0.39, 0.29) is 5.92 Å². The molecule has 0 amide bonds. The zero-order chi connectivity index (χ0) is 19.0. The summed E-state index contributed by atoms with van der Waals surface area (Å²) in [5.74, 6) is 3.26. The summed E-state index contributed by atoms with van der Waals surface area (Å²) >= 11 is 0. The van der Waals surface area contributed by atoms with Crippen LogP contribution < -0.4 is 4.90 Å². The lowest BCUT2D eigenvalue weighted by Gasteiger charge is -2.32. The number of hydrogen-bond acceptors (Lipinski definition) is 7. The zero-order valence-corrected chi connectivity index (χ0v) is 16.4. The van der Waals surface area contributed by atoms with Crippen LogP contribution in [0.4, 0.5) is 5.82 Å². The second kappa shape index (κ2) is 7.21. The molecule has 0 radical (unpaired) electrons. The Morgan fingerprint density at radius 3 is 2.89 bits per heavy atom. The quantitative estimate of drug-likeness (QED) is 0.697. The molecule has 7 heteroatoms. The first kappa shape index (κ1) is 17.8. The molecule has 0 aromatic carbocycles. The third-order valence-corrected chi connectivity index (χ3v) is 5.05. The molecule has 0 spiro atoms. The zero-order valence-electron chi connectivity index (χ0n) is 16.4. The summed E-state index contributed by atoms with van der Waals surface area (Å²) in [5, 5.41) is 5.20. The van der Waals surface area contributed by atoms with Crippen molar-refractivity contribution in [2.45, 2.75) is 52.9 Å². The first-order chi connectivity index (χ1) is 13.0. The molecule has 1 aliphatic heterocycles. The molecule has 4 rings (SSSR count). The summed E-state index contributed by atoms with van der Waals surface area (Å²) in [6.45, 7) is 10.2. The predicted octanol–water partition coefficient (Wildman–Crippen LogP) is 3.61. The average molecular weight is 366 g/mol. The highest BCUT2D eigenvalue weighted by molar-refractivity contribution is 5.90. The molecule has 0 aliphatic carbocycles. The Balaban J connectivity index is 1.62. The Morgan fingerprint density at radius 1 is 1.22 bits per heavy atom. The first-order valence-electron chi connectivity index (χ1n) is 9.67. The second-order valence-electron chi connectivity index (χ2n) is 7.91. The minimum absolute atomic E-state index is 0.232. The molecule has 27 heavy (non-hydrogen) atoms. The lowest BCUT2D eigenvalue weighted by molar-refractivity contribution is 0.329. The highest BCUT2D eigenvalue weighted by atomic mass is 16.5. The van der Waals surface area contributed by atoms with Gasteiger partial charge in [0.2, 0.25) is 5.89 Å². The van der Waals surface area contributed by atoms with Crippen LogP contribution in [0.25, 0.3) is 11.0 Å². The van der Waals surface area contributed by atoms with Gasteiger partial charge in [0.05, 0.1) is 11.3 Å². The van der Waals surface area contributed by atoms with Crippen LogP contribution in [0.5, 0.6) is 0 Å². The third-order valence-electron chi connectivity index (χ3n) is 5.05. The Morgan fingerprint density at radius 2 is 2.07 bits per heavy atom. The van der Waals surface area contributed by atoms with Gasteiger partial charge < -0.3 is 9.42 Å². The van der Waals surface area contributed by atoms with Crippen LogP contribution in [0, 0.1) is 19.8 Å². The van der Waals surface area contributed by atoms with Crippen LogP contribution in [-0.4, -0.2) is 38.2 Å². The van der Waals surface area contributed by atoms with E-state index in [9.17, 15) is 0 Å². The number of piperidine rings is 1. The molecule has 3 aromatic heterocycles. The maximum Gasteiger partial charge on any atom is 0.231 e. The highest BCUT2D eigenvalue weighted by Crippen LogP contribution is 2.32. The van der Waals surface area contributed by atoms with Crippen molar-refractivity contribution in [3.63, 3.8) is 0 Å². The summed E-state index contributed by atoms with van der Waals surface area (Å²) < 4.78 is 5.58. The number of anilines is 1. The Labute approximate surface area is 159 Å². The molecule has 3 aromatic rings. The van der Waals surface area contributed by atoms with E-state index in [0.717, 1.165) is 72.2 Å². The minimum Gasteiger partial charge on any atom is -0.355 e. The maximum absolute atomic E-state index is 5.58. The fourth-order valence-electron chi connectivity index (χ4n) is 3.88. The highest BCUT2D eigenvalue weighted by Gasteiger charge is 2.28. The molecule has 7 nitrogen and oxygen atoms in total.